The molecule has 9 atom stereocenters. The van der Waals surface area contributed by atoms with E-state index in [1.54, 1.807) is 6.07 Å². The minimum absolute atomic E-state index is 0.0838. The van der Waals surface area contributed by atoms with Crippen LogP contribution in [-0.4, -0.2) is 60.5 Å². The molecule has 1 aromatic rings. The maximum atomic E-state index is 12.9. The molecule has 1 saturated carbocycles. The van der Waals surface area contributed by atoms with E-state index >= 15 is 0 Å². The van der Waals surface area contributed by atoms with Crippen molar-refractivity contribution in [3.8, 4) is 0 Å². The molecule has 3 heterocycles. The summed E-state index contributed by atoms with van der Waals surface area (Å²) in [4.78, 5) is 50.5. The van der Waals surface area contributed by atoms with Crippen molar-refractivity contribution in [1.82, 2.24) is 0 Å². The Morgan fingerprint density at radius 1 is 1.05 bits per heavy atom. The fourth-order valence-corrected chi connectivity index (χ4v) is 8.30. The summed E-state index contributed by atoms with van der Waals surface area (Å²) >= 11 is 0. The third kappa shape index (κ3) is 4.11. The molecule has 0 amide bonds. The van der Waals surface area contributed by atoms with Crippen LogP contribution in [0.1, 0.15) is 66.6 Å². The van der Waals surface area contributed by atoms with Gasteiger partial charge in [-0.15, -0.1) is 0 Å². The number of methoxy groups -OCH3 is 1. The summed E-state index contributed by atoms with van der Waals surface area (Å²) in [6.07, 6.45) is -0.809. The summed E-state index contributed by atoms with van der Waals surface area (Å²) in [5.74, 6) is -3.15. The number of cyclic esters (lactones) is 1. The highest BCUT2D eigenvalue weighted by molar-refractivity contribution is 5.86. The lowest BCUT2D eigenvalue weighted by atomic mass is 9.46. The predicted octanol–water partition coefficient (Wildman–Crippen LogP) is 3.56. The first kappa shape index (κ1) is 29.9. The number of hydrogen-bond donors (Lipinski definition) is 1. The zero-order valence-electron chi connectivity index (χ0n) is 25.1. The van der Waals surface area contributed by atoms with E-state index in [2.05, 4.69) is 0 Å². The van der Waals surface area contributed by atoms with Crippen LogP contribution in [-0.2, 0) is 42.9 Å². The van der Waals surface area contributed by atoms with Gasteiger partial charge < -0.3 is 33.2 Å². The molecule has 0 radical (unpaired) electrons. The lowest BCUT2D eigenvalue weighted by Crippen LogP contribution is -2.68. The second-order valence-corrected chi connectivity index (χ2v) is 12.8. The monoisotopic (exact) mass is 586 g/mol. The topological polar surface area (TPSA) is 148 Å². The van der Waals surface area contributed by atoms with Gasteiger partial charge in [-0.25, -0.2) is 4.79 Å². The molecule has 1 N–H and O–H groups in total. The molecule has 1 saturated heterocycles. The third-order valence-electron chi connectivity index (χ3n) is 10.2. The number of fused-ring (bicyclic) bond motifs is 4. The van der Waals surface area contributed by atoms with E-state index < -0.39 is 82.5 Å². The van der Waals surface area contributed by atoms with Gasteiger partial charge in [0.15, 0.2) is 6.10 Å². The highest BCUT2D eigenvalue weighted by Crippen LogP contribution is 2.69. The highest BCUT2D eigenvalue weighted by Gasteiger charge is 2.74. The van der Waals surface area contributed by atoms with Gasteiger partial charge in [0.25, 0.3) is 0 Å². The van der Waals surface area contributed by atoms with Crippen molar-refractivity contribution in [3.63, 3.8) is 0 Å². The van der Waals surface area contributed by atoms with E-state index in [4.69, 9.17) is 28.1 Å². The van der Waals surface area contributed by atoms with Crippen LogP contribution >= 0.6 is 0 Å². The van der Waals surface area contributed by atoms with Crippen molar-refractivity contribution in [2.75, 3.05) is 7.11 Å². The molecule has 0 aromatic carbocycles. The molecule has 4 aliphatic rings. The molecule has 0 unspecified atom stereocenters. The molecule has 228 valence electrons. The first-order chi connectivity index (χ1) is 19.6. The van der Waals surface area contributed by atoms with E-state index in [0.29, 0.717) is 22.5 Å². The fraction of sp³-hybridized carbons (Fsp3) is 0.613. The van der Waals surface area contributed by atoms with Crippen molar-refractivity contribution < 1.29 is 52.4 Å². The number of furan rings is 1. The normalized spacial score (nSPS) is 38.2. The number of esters is 4. The third-order valence-corrected chi connectivity index (χ3v) is 10.2. The zero-order chi connectivity index (χ0) is 30.9. The van der Waals surface area contributed by atoms with Crippen LogP contribution in [0.4, 0.5) is 0 Å². The molecule has 0 bridgehead atoms. The summed E-state index contributed by atoms with van der Waals surface area (Å²) in [6.45, 7) is 11.8. The summed E-state index contributed by atoms with van der Waals surface area (Å²) in [5, 5.41) is 12.5. The zero-order valence-corrected chi connectivity index (χ0v) is 25.1. The number of carbonyl (C=O) groups is 4. The van der Waals surface area contributed by atoms with Crippen LogP contribution in [0.3, 0.4) is 0 Å². The Hall–Kier alpha value is -3.60. The summed E-state index contributed by atoms with van der Waals surface area (Å²) < 4.78 is 34.5. The van der Waals surface area contributed by atoms with Crippen LogP contribution in [0.25, 0.3) is 0 Å². The number of ether oxygens (including phenoxy) is 5. The molecule has 1 aromatic heterocycles. The van der Waals surface area contributed by atoms with Crippen LogP contribution < -0.4 is 0 Å². The summed E-state index contributed by atoms with van der Waals surface area (Å²) in [5.41, 5.74) is -1.39. The first-order valence-electron chi connectivity index (χ1n) is 14.0. The van der Waals surface area contributed by atoms with Gasteiger partial charge in [0, 0.05) is 42.7 Å². The second kappa shape index (κ2) is 10.00. The molecule has 2 aliphatic heterocycles. The maximum Gasteiger partial charge on any atom is 0.331 e. The van der Waals surface area contributed by atoms with Gasteiger partial charge in [0.1, 0.15) is 24.1 Å². The molecule has 42 heavy (non-hydrogen) atoms. The predicted molar refractivity (Wildman–Crippen MR) is 144 cm³/mol. The van der Waals surface area contributed by atoms with E-state index in [9.17, 15) is 24.3 Å². The van der Waals surface area contributed by atoms with Gasteiger partial charge in [-0.1, -0.05) is 20.8 Å². The quantitative estimate of drug-likeness (QED) is 0.399. The van der Waals surface area contributed by atoms with Gasteiger partial charge in [-0.3, -0.25) is 14.4 Å². The van der Waals surface area contributed by atoms with E-state index in [-0.39, 0.29) is 6.42 Å². The molecule has 0 spiro atoms. The van der Waals surface area contributed by atoms with Gasteiger partial charge in [-0.05, 0) is 37.0 Å². The molecule has 11 heteroatoms. The fourth-order valence-electron chi connectivity index (χ4n) is 8.30. The minimum atomic E-state index is -1.19. The largest absolute Gasteiger partial charge is 0.489 e. The maximum absolute atomic E-state index is 12.9. The Balaban J connectivity index is 1.76. The summed E-state index contributed by atoms with van der Waals surface area (Å²) in [6, 6.07) is 1.69. The summed E-state index contributed by atoms with van der Waals surface area (Å²) in [7, 11) is 1.29. The van der Waals surface area contributed by atoms with Gasteiger partial charge in [0.05, 0.1) is 37.1 Å². The molecule has 11 nitrogen and oxygen atoms in total. The van der Waals surface area contributed by atoms with Crippen molar-refractivity contribution in [1.29, 1.82) is 0 Å². The lowest BCUT2D eigenvalue weighted by Gasteiger charge is -2.59. The van der Waals surface area contributed by atoms with Gasteiger partial charge in [0.2, 0.25) is 0 Å². The second-order valence-electron chi connectivity index (χ2n) is 12.8. The van der Waals surface area contributed by atoms with Crippen molar-refractivity contribution in [2.24, 2.45) is 28.1 Å². The molecule has 2 aliphatic carbocycles. The average Bonchev–Trinajstić information content (AvgIpc) is 3.54. The number of hydrogen-bond acceptors (Lipinski definition) is 11. The smallest absolute Gasteiger partial charge is 0.331 e. The van der Waals surface area contributed by atoms with Crippen LogP contribution in [0.15, 0.2) is 46.0 Å². The number of aliphatic hydroxyl groups is 1. The van der Waals surface area contributed by atoms with Crippen molar-refractivity contribution >= 4 is 23.9 Å². The van der Waals surface area contributed by atoms with Crippen molar-refractivity contribution in [3.05, 3.63) is 47.1 Å². The van der Waals surface area contributed by atoms with Crippen LogP contribution in [0.2, 0.25) is 0 Å². The van der Waals surface area contributed by atoms with Crippen LogP contribution in [0.5, 0.6) is 0 Å². The average molecular weight is 587 g/mol. The van der Waals surface area contributed by atoms with Gasteiger partial charge in [-0.2, -0.15) is 0 Å². The van der Waals surface area contributed by atoms with Gasteiger partial charge >= 0.3 is 23.9 Å². The molecule has 5 rings (SSSR count). The number of allylic oxidation sites excluding steroid dienone is 1. The lowest BCUT2D eigenvalue weighted by molar-refractivity contribution is -0.240. The van der Waals surface area contributed by atoms with E-state index in [1.165, 1.54) is 39.6 Å². The Kier molecular flexibility index (Phi) is 7.11. The molecular weight excluding hydrogens is 548 g/mol. The van der Waals surface area contributed by atoms with E-state index in [1.807, 2.05) is 34.6 Å². The van der Waals surface area contributed by atoms with Crippen LogP contribution in [0, 0.1) is 28.1 Å². The molecular formula is C31H38O11. The number of carbonyl (C=O) groups excluding carboxylic acids is 4. The highest BCUT2D eigenvalue weighted by atomic mass is 16.6. The Bertz CT molecular complexity index is 1370. The molecule has 2 fully saturated rings. The SMILES string of the molecule is COC(=O)C[C@@H]1C(C)(C)[C@@H](OC(C)=O)[C@H](OC(C)=O)[C@H]2OC3=C(C)C4=CC(=O)O[C@@H](c5ccoc5)[C@@]4(C)[C@@H](O)[C@@H]3[C@]21C. The van der Waals surface area contributed by atoms with E-state index in [0.717, 1.165) is 0 Å². The minimum Gasteiger partial charge on any atom is -0.489 e. The number of aliphatic hydroxyl groups excluding tert-OH is 1. The standard InChI is InChI=1S/C31H38O11/c1-14-18-11-21(35)41-26(17-9-10-38-13-17)30(18,6)25(36)22-23(14)42-28-24(39-15(2)32)27(40-16(3)33)29(4,5)19(31(22,28)7)12-20(34)37-8/h9-11,13,19,22,24-28,36H,12H2,1-8H3/t19-,22-,24+,25+,26+,27+,28-,30-,31-/m1/s1. The Morgan fingerprint density at radius 3 is 2.29 bits per heavy atom. The van der Waals surface area contributed by atoms with Crippen molar-refractivity contribution in [2.45, 2.75) is 85.4 Å². The first-order valence-corrected chi connectivity index (χ1v) is 14.0. The number of rotatable bonds is 5. The Morgan fingerprint density at radius 2 is 1.71 bits per heavy atom. The Labute approximate surface area is 244 Å².